The number of nitrogens with one attached hydrogen (secondary N) is 1. The lowest BCUT2D eigenvalue weighted by Gasteiger charge is -2.24. The van der Waals surface area contributed by atoms with Gasteiger partial charge in [0.2, 0.25) is 5.91 Å². The largest absolute Gasteiger partial charge is 0.388 e. The zero-order valence-corrected chi connectivity index (χ0v) is 14.2. The molecular weight excluding hydrogens is 358 g/mol. The Labute approximate surface area is 153 Å². The molecule has 0 aliphatic carbocycles. The number of benzene rings is 1. The maximum atomic E-state index is 13.5. The van der Waals surface area contributed by atoms with Gasteiger partial charge in [0.15, 0.2) is 0 Å². The van der Waals surface area contributed by atoms with Crippen LogP contribution in [0.1, 0.15) is 24.5 Å². The number of carbonyl (C=O) groups excluding carboxylic acids is 1. The molecule has 1 aliphatic rings. The Bertz CT molecular complexity index is 969. The molecule has 0 bridgehead atoms. The third-order valence-corrected chi connectivity index (χ3v) is 4.70. The molecule has 0 radical (unpaired) electrons. The van der Waals surface area contributed by atoms with Crippen LogP contribution in [0.5, 0.6) is 0 Å². The van der Waals surface area contributed by atoms with E-state index >= 15 is 0 Å². The molecule has 1 aromatic carbocycles. The standard InChI is InChI=1S/C18H18F2N4O3/c19-18(20)6-10(7-21)24(9-18)17(27)14(22)5-15(25)13-8-23-16(26)12-4-2-1-3-11(12)13/h1-4,8,10,14-15,25H,5-6,9,22H2,(H,23,26)/t10-,14?,15?/m0/s1. The number of hydrogen-bond donors (Lipinski definition) is 3. The predicted octanol–water partition coefficient (Wildman–Crippen LogP) is 1.04. The van der Waals surface area contributed by atoms with Crippen molar-refractivity contribution in [2.45, 2.75) is 37.0 Å². The summed E-state index contributed by atoms with van der Waals surface area (Å²) in [4.78, 5) is 27.6. The number of H-pyrrole nitrogens is 1. The van der Waals surface area contributed by atoms with Crippen molar-refractivity contribution in [1.29, 1.82) is 5.26 Å². The molecule has 27 heavy (non-hydrogen) atoms. The minimum absolute atomic E-state index is 0.241. The van der Waals surface area contributed by atoms with Crippen LogP contribution in [0, 0.1) is 11.3 Å². The first-order valence-electron chi connectivity index (χ1n) is 8.35. The molecule has 0 spiro atoms. The van der Waals surface area contributed by atoms with E-state index in [2.05, 4.69) is 4.98 Å². The second-order valence-corrected chi connectivity index (χ2v) is 6.65. The van der Waals surface area contributed by atoms with Crippen molar-refractivity contribution in [3.63, 3.8) is 0 Å². The maximum Gasteiger partial charge on any atom is 0.268 e. The van der Waals surface area contributed by atoms with Crippen molar-refractivity contribution < 1.29 is 18.7 Å². The number of alkyl halides is 2. The number of hydrogen-bond acceptors (Lipinski definition) is 5. The first-order chi connectivity index (χ1) is 12.7. The zero-order chi connectivity index (χ0) is 19.8. The quantitative estimate of drug-likeness (QED) is 0.736. The Morgan fingerprint density at radius 1 is 1.44 bits per heavy atom. The van der Waals surface area contributed by atoms with E-state index in [1.807, 2.05) is 0 Å². The summed E-state index contributed by atoms with van der Waals surface area (Å²) in [6.45, 7) is -0.866. The molecular formula is C18H18F2N4O3. The number of amides is 1. The van der Waals surface area contributed by atoms with Crippen molar-refractivity contribution in [2.24, 2.45) is 5.73 Å². The number of fused-ring (bicyclic) bond motifs is 1. The monoisotopic (exact) mass is 376 g/mol. The summed E-state index contributed by atoms with van der Waals surface area (Å²) < 4.78 is 27.1. The fraction of sp³-hybridized carbons (Fsp3) is 0.389. The van der Waals surface area contributed by atoms with Gasteiger partial charge in [0.05, 0.1) is 24.8 Å². The topological polar surface area (TPSA) is 123 Å². The van der Waals surface area contributed by atoms with Crippen LogP contribution < -0.4 is 11.3 Å². The van der Waals surface area contributed by atoms with Gasteiger partial charge < -0.3 is 20.7 Å². The molecule has 0 saturated carbocycles. The molecule has 2 unspecified atom stereocenters. The van der Waals surface area contributed by atoms with Crippen molar-refractivity contribution >= 4 is 16.7 Å². The molecule has 4 N–H and O–H groups in total. The zero-order valence-electron chi connectivity index (χ0n) is 14.2. The first kappa shape index (κ1) is 18.9. The van der Waals surface area contributed by atoms with Crippen molar-refractivity contribution in [1.82, 2.24) is 9.88 Å². The SMILES string of the molecule is N#C[C@@H]1CC(F)(F)CN1C(=O)C(N)CC(O)c1c[nH]c(=O)c2ccccc12. The average Bonchev–Trinajstić information content (AvgIpc) is 2.96. The number of aliphatic hydroxyl groups is 1. The second-order valence-electron chi connectivity index (χ2n) is 6.65. The van der Waals surface area contributed by atoms with Crippen LogP contribution in [0.2, 0.25) is 0 Å². The van der Waals surface area contributed by atoms with Gasteiger partial charge in [-0.05, 0) is 11.5 Å². The molecule has 3 rings (SSSR count). The van der Waals surface area contributed by atoms with Crippen LogP contribution in [0.25, 0.3) is 10.8 Å². The third kappa shape index (κ3) is 3.67. The number of likely N-dealkylation sites (tertiary alicyclic amines) is 1. The molecule has 1 fully saturated rings. The highest BCUT2D eigenvalue weighted by atomic mass is 19.3. The summed E-state index contributed by atoms with van der Waals surface area (Å²) in [5, 5.41) is 20.4. The van der Waals surface area contributed by atoms with Crippen molar-refractivity contribution in [2.75, 3.05) is 6.54 Å². The van der Waals surface area contributed by atoms with Gasteiger partial charge in [-0.1, -0.05) is 18.2 Å². The molecule has 3 atom stereocenters. The lowest BCUT2D eigenvalue weighted by atomic mass is 9.98. The number of halogens is 2. The van der Waals surface area contributed by atoms with E-state index in [1.54, 1.807) is 30.3 Å². The highest BCUT2D eigenvalue weighted by Gasteiger charge is 2.48. The fourth-order valence-electron chi connectivity index (χ4n) is 3.35. The Morgan fingerprint density at radius 2 is 2.11 bits per heavy atom. The fourth-order valence-corrected chi connectivity index (χ4v) is 3.35. The van der Waals surface area contributed by atoms with E-state index < -0.39 is 43.0 Å². The van der Waals surface area contributed by atoms with Crippen LogP contribution >= 0.6 is 0 Å². The van der Waals surface area contributed by atoms with Crippen LogP contribution in [0.15, 0.2) is 35.3 Å². The third-order valence-electron chi connectivity index (χ3n) is 4.70. The molecule has 2 heterocycles. The normalized spacial score (nSPS) is 21.0. The number of aromatic amines is 1. The smallest absolute Gasteiger partial charge is 0.268 e. The molecule has 1 aromatic heterocycles. The number of carbonyl (C=O) groups is 1. The summed E-state index contributed by atoms with van der Waals surface area (Å²) in [6.07, 6.45) is -0.826. The molecule has 1 amide bonds. The average molecular weight is 376 g/mol. The highest BCUT2D eigenvalue weighted by molar-refractivity contribution is 5.85. The van der Waals surface area contributed by atoms with Gasteiger partial charge in [0.1, 0.15) is 6.04 Å². The molecule has 142 valence electrons. The van der Waals surface area contributed by atoms with E-state index in [4.69, 9.17) is 11.0 Å². The summed E-state index contributed by atoms with van der Waals surface area (Å²) in [5.74, 6) is -3.95. The number of pyridine rings is 1. The van der Waals surface area contributed by atoms with E-state index in [1.165, 1.54) is 6.20 Å². The first-order valence-corrected chi connectivity index (χ1v) is 8.35. The number of aliphatic hydroxyl groups excluding tert-OH is 1. The van der Waals surface area contributed by atoms with Gasteiger partial charge >= 0.3 is 0 Å². The van der Waals surface area contributed by atoms with Crippen LogP contribution in [-0.4, -0.2) is 45.4 Å². The van der Waals surface area contributed by atoms with Gasteiger partial charge in [-0.2, -0.15) is 5.26 Å². The van der Waals surface area contributed by atoms with Crippen molar-refractivity contribution in [3.8, 4) is 6.07 Å². The number of aromatic nitrogens is 1. The van der Waals surface area contributed by atoms with Gasteiger partial charge in [0.25, 0.3) is 11.5 Å². The Kier molecular flexibility index (Phi) is 4.95. The minimum atomic E-state index is -3.14. The van der Waals surface area contributed by atoms with Gasteiger partial charge in [-0.3, -0.25) is 9.59 Å². The Morgan fingerprint density at radius 3 is 2.78 bits per heavy atom. The van der Waals surface area contributed by atoms with Gasteiger partial charge in [0, 0.05) is 30.0 Å². The van der Waals surface area contributed by atoms with E-state index in [0.717, 1.165) is 4.90 Å². The van der Waals surface area contributed by atoms with Crippen LogP contribution in [0.4, 0.5) is 8.78 Å². The summed E-state index contributed by atoms with van der Waals surface area (Å²) in [7, 11) is 0. The van der Waals surface area contributed by atoms with Crippen molar-refractivity contribution in [3.05, 3.63) is 46.4 Å². The molecule has 7 nitrogen and oxygen atoms in total. The van der Waals surface area contributed by atoms with Gasteiger partial charge in [-0.25, -0.2) is 8.78 Å². The summed E-state index contributed by atoms with van der Waals surface area (Å²) in [6, 6.07) is 5.81. The Hall–Kier alpha value is -2.83. The van der Waals surface area contributed by atoms with E-state index in [9.17, 15) is 23.5 Å². The molecule has 9 heteroatoms. The molecule has 1 saturated heterocycles. The molecule has 2 aromatic rings. The summed E-state index contributed by atoms with van der Waals surface area (Å²) in [5.41, 5.74) is 5.89. The lowest BCUT2D eigenvalue weighted by molar-refractivity contribution is -0.134. The molecule has 1 aliphatic heterocycles. The maximum absolute atomic E-state index is 13.5. The van der Waals surface area contributed by atoms with Gasteiger partial charge in [-0.15, -0.1) is 0 Å². The number of nitrogens with zero attached hydrogens (tertiary/aromatic N) is 2. The van der Waals surface area contributed by atoms with Crippen LogP contribution in [0.3, 0.4) is 0 Å². The van der Waals surface area contributed by atoms with Crippen LogP contribution in [-0.2, 0) is 4.79 Å². The Balaban J connectivity index is 1.80. The van der Waals surface area contributed by atoms with E-state index in [0.29, 0.717) is 16.3 Å². The predicted molar refractivity (Wildman–Crippen MR) is 92.8 cm³/mol. The lowest BCUT2D eigenvalue weighted by Crippen LogP contribution is -2.46. The number of rotatable bonds is 4. The number of nitrogens with two attached hydrogens (primary N) is 1. The highest BCUT2D eigenvalue weighted by Crippen LogP contribution is 2.33. The second kappa shape index (κ2) is 7.06. The number of nitriles is 1. The van der Waals surface area contributed by atoms with E-state index in [-0.39, 0.29) is 12.0 Å². The minimum Gasteiger partial charge on any atom is -0.388 e. The summed E-state index contributed by atoms with van der Waals surface area (Å²) >= 11 is 0.